The van der Waals surface area contributed by atoms with Crippen LogP contribution in [-0.2, 0) is 23.8 Å². The fourth-order valence-corrected chi connectivity index (χ4v) is 0.915. The largest absolute Gasteiger partial charge is 0.393 e. The van der Waals surface area contributed by atoms with E-state index >= 15 is 0 Å². The molecule has 0 unspecified atom stereocenters. The molecule has 0 aromatic rings. The lowest BCUT2D eigenvalue weighted by molar-refractivity contribution is -0.174. The Kier molecular flexibility index (Phi) is 7.85. The first-order valence-electron chi connectivity index (χ1n) is 5.10. The molecule has 0 aliphatic carbocycles. The molecule has 0 aromatic carbocycles. The quantitative estimate of drug-likeness (QED) is 0.365. The predicted molar refractivity (Wildman–Crippen MR) is 53.0 cm³/mol. The van der Waals surface area contributed by atoms with Gasteiger partial charge in [-0.2, -0.15) is 0 Å². The maximum atomic E-state index is 11.2. The smallest absolute Gasteiger partial charge is 0.318 e. The number of rotatable bonds is 7. The van der Waals surface area contributed by atoms with Gasteiger partial charge in [0.2, 0.25) is 0 Å². The lowest BCUT2D eigenvalue weighted by Gasteiger charge is -2.15. The van der Waals surface area contributed by atoms with Crippen LogP contribution >= 0.6 is 0 Å². The van der Waals surface area contributed by atoms with Crippen LogP contribution in [0.15, 0.2) is 0 Å². The Balaban J connectivity index is 3.93. The first-order chi connectivity index (χ1) is 7.13. The van der Waals surface area contributed by atoms with Crippen LogP contribution in [0.25, 0.3) is 0 Å². The van der Waals surface area contributed by atoms with E-state index in [1.165, 1.54) is 0 Å². The second kappa shape index (κ2) is 8.38. The molecular formula is C10H18O5. The molecule has 0 fully saturated rings. The van der Waals surface area contributed by atoms with E-state index in [-0.39, 0.29) is 12.8 Å². The number of hydrogen-bond donors (Lipinski definition) is 0. The minimum Gasteiger partial charge on any atom is -0.393 e. The summed E-state index contributed by atoms with van der Waals surface area (Å²) in [6.07, 6.45) is -0.509. The van der Waals surface area contributed by atoms with Crippen molar-refractivity contribution < 1.29 is 23.8 Å². The van der Waals surface area contributed by atoms with Gasteiger partial charge in [0.15, 0.2) is 6.29 Å². The summed E-state index contributed by atoms with van der Waals surface area (Å²) < 4.78 is 14.8. The molecule has 0 heterocycles. The first kappa shape index (κ1) is 14.1. The summed E-state index contributed by atoms with van der Waals surface area (Å²) in [5.74, 6) is -1.15. The monoisotopic (exact) mass is 218 g/mol. The molecule has 0 aliphatic heterocycles. The zero-order valence-corrected chi connectivity index (χ0v) is 9.45. The third kappa shape index (κ3) is 7.04. The fourth-order valence-electron chi connectivity index (χ4n) is 0.915. The highest BCUT2D eigenvalue weighted by Gasteiger charge is 2.17. The second-order valence-corrected chi connectivity index (χ2v) is 2.74. The van der Waals surface area contributed by atoms with Gasteiger partial charge in [0.05, 0.1) is 6.42 Å². The molecule has 0 saturated carbocycles. The summed E-state index contributed by atoms with van der Waals surface area (Å²) in [4.78, 5) is 22.0. The van der Waals surface area contributed by atoms with E-state index in [1.54, 1.807) is 20.8 Å². The Morgan fingerprint density at radius 2 is 1.53 bits per heavy atom. The molecule has 15 heavy (non-hydrogen) atoms. The van der Waals surface area contributed by atoms with Crippen molar-refractivity contribution in [3.8, 4) is 0 Å². The topological polar surface area (TPSA) is 61.8 Å². The van der Waals surface area contributed by atoms with Gasteiger partial charge < -0.3 is 14.2 Å². The summed E-state index contributed by atoms with van der Waals surface area (Å²) in [5, 5.41) is 0. The summed E-state index contributed by atoms with van der Waals surface area (Å²) in [6, 6.07) is 0. The number of carbonyl (C=O) groups is 2. The Morgan fingerprint density at radius 3 is 1.93 bits per heavy atom. The minimum absolute atomic E-state index is 0.0621. The fraction of sp³-hybridized carbons (Fsp3) is 0.800. The summed E-state index contributed by atoms with van der Waals surface area (Å²) in [6.45, 7) is 6.11. The van der Waals surface area contributed by atoms with Crippen molar-refractivity contribution >= 4 is 11.9 Å². The second-order valence-electron chi connectivity index (χ2n) is 2.74. The zero-order valence-electron chi connectivity index (χ0n) is 9.45. The highest BCUT2D eigenvalue weighted by molar-refractivity contribution is 5.85. The molecule has 0 spiro atoms. The number of ether oxygens (including phenoxy) is 3. The number of carbonyl (C=O) groups excluding carboxylic acids is 2. The van der Waals surface area contributed by atoms with Crippen LogP contribution in [0.2, 0.25) is 0 Å². The van der Waals surface area contributed by atoms with Gasteiger partial charge in [-0.05, 0) is 13.8 Å². The number of hydrogen-bond acceptors (Lipinski definition) is 5. The van der Waals surface area contributed by atoms with Gasteiger partial charge in [0.25, 0.3) is 0 Å². The Labute approximate surface area is 89.7 Å². The molecule has 0 rings (SSSR count). The summed E-state index contributed by atoms with van der Waals surface area (Å²) in [7, 11) is 0. The molecule has 5 heteroatoms. The Bertz CT molecular complexity index is 196. The zero-order chi connectivity index (χ0) is 11.7. The van der Waals surface area contributed by atoms with E-state index in [9.17, 15) is 9.59 Å². The Hall–Kier alpha value is -0.940. The number of esters is 2. The van der Waals surface area contributed by atoms with Gasteiger partial charge in [0, 0.05) is 19.6 Å². The van der Waals surface area contributed by atoms with Crippen LogP contribution in [0.4, 0.5) is 0 Å². The first-order valence-corrected chi connectivity index (χ1v) is 5.10. The van der Waals surface area contributed by atoms with Gasteiger partial charge in [-0.25, -0.2) is 0 Å². The maximum absolute atomic E-state index is 11.2. The average molecular weight is 218 g/mol. The summed E-state index contributed by atoms with van der Waals surface area (Å²) in [5.41, 5.74) is 0. The standard InChI is InChI=1S/C10H18O5/c1-4-8(11)15-9(12)7-10(13-5-2)14-6-3/h10H,4-7H2,1-3H3. The molecule has 0 N–H and O–H groups in total. The van der Waals surface area contributed by atoms with Gasteiger partial charge in [0.1, 0.15) is 0 Å². The van der Waals surface area contributed by atoms with E-state index < -0.39 is 18.2 Å². The molecule has 0 aromatic heterocycles. The highest BCUT2D eigenvalue weighted by Crippen LogP contribution is 2.03. The van der Waals surface area contributed by atoms with E-state index in [0.29, 0.717) is 13.2 Å². The van der Waals surface area contributed by atoms with Crippen LogP contribution in [-0.4, -0.2) is 31.4 Å². The van der Waals surface area contributed by atoms with Gasteiger partial charge in [-0.3, -0.25) is 9.59 Å². The minimum atomic E-state index is -0.628. The van der Waals surface area contributed by atoms with Crippen LogP contribution in [0, 0.1) is 0 Å². The molecule has 88 valence electrons. The lowest BCUT2D eigenvalue weighted by atomic mass is 10.4. The van der Waals surface area contributed by atoms with E-state index in [2.05, 4.69) is 4.74 Å². The van der Waals surface area contributed by atoms with Crippen molar-refractivity contribution in [3.63, 3.8) is 0 Å². The molecule has 5 nitrogen and oxygen atoms in total. The molecule has 0 radical (unpaired) electrons. The van der Waals surface area contributed by atoms with Crippen LogP contribution in [0.5, 0.6) is 0 Å². The molecule has 0 aliphatic rings. The van der Waals surface area contributed by atoms with Crippen LogP contribution in [0.3, 0.4) is 0 Å². The highest BCUT2D eigenvalue weighted by atomic mass is 16.7. The van der Waals surface area contributed by atoms with Crippen molar-refractivity contribution in [1.82, 2.24) is 0 Å². The third-order valence-electron chi connectivity index (χ3n) is 1.55. The Morgan fingerprint density at radius 1 is 1.00 bits per heavy atom. The lowest BCUT2D eigenvalue weighted by Crippen LogP contribution is -2.24. The third-order valence-corrected chi connectivity index (χ3v) is 1.55. The van der Waals surface area contributed by atoms with Crippen LogP contribution in [0.1, 0.15) is 33.6 Å². The summed E-state index contributed by atoms with van der Waals surface area (Å²) >= 11 is 0. The van der Waals surface area contributed by atoms with Crippen molar-refractivity contribution in [3.05, 3.63) is 0 Å². The van der Waals surface area contributed by atoms with Gasteiger partial charge in [-0.1, -0.05) is 6.92 Å². The maximum Gasteiger partial charge on any atom is 0.318 e. The van der Waals surface area contributed by atoms with Crippen molar-refractivity contribution in [1.29, 1.82) is 0 Å². The molecule has 0 bridgehead atoms. The van der Waals surface area contributed by atoms with E-state index in [4.69, 9.17) is 9.47 Å². The van der Waals surface area contributed by atoms with Crippen molar-refractivity contribution in [2.24, 2.45) is 0 Å². The average Bonchev–Trinajstić information content (AvgIpc) is 2.18. The molecular weight excluding hydrogens is 200 g/mol. The van der Waals surface area contributed by atoms with Crippen molar-refractivity contribution in [2.75, 3.05) is 13.2 Å². The predicted octanol–water partition coefficient (Wildman–Crippen LogP) is 1.26. The van der Waals surface area contributed by atoms with Gasteiger partial charge >= 0.3 is 11.9 Å². The van der Waals surface area contributed by atoms with E-state index in [1.807, 2.05) is 0 Å². The SMILES string of the molecule is CCOC(CC(=O)OC(=O)CC)OCC. The van der Waals surface area contributed by atoms with Crippen LogP contribution < -0.4 is 0 Å². The molecule has 0 atom stereocenters. The molecule has 0 amide bonds. The van der Waals surface area contributed by atoms with E-state index in [0.717, 1.165) is 0 Å². The molecule has 0 saturated heterocycles. The van der Waals surface area contributed by atoms with Crippen molar-refractivity contribution in [2.45, 2.75) is 39.9 Å². The van der Waals surface area contributed by atoms with Gasteiger partial charge in [-0.15, -0.1) is 0 Å². The normalized spacial score (nSPS) is 10.4.